The Morgan fingerprint density at radius 3 is 2.30 bits per heavy atom. The summed E-state index contributed by atoms with van der Waals surface area (Å²) < 4.78 is 1.36. The average Bonchev–Trinajstić information content (AvgIpc) is 3.48. The van der Waals surface area contributed by atoms with Crippen LogP contribution >= 0.6 is 34.9 Å². The van der Waals surface area contributed by atoms with Crippen LogP contribution in [-0.2, 0) is 32.1 Å². The third-order valence-corrected chi connectivity index (χ3v) is 10.1. The molecule has 50 heavy (non-hydrogen) atoms. The lowest BCUT2D eigenvalue weighted by atomic mass is 10.1. The molecule has 1 fully saturated rings. The van der Waals surface area contributed by atoms with Crippen molar-refractivity contribution in [2.75, 3.05) is 11.5 Å². The summed E-state index contributed by atoms with van der Waals surface area (Å²) in [7, 11) is 0. The number of aromatic nitrogens is 4. The summed E-state index contributed by atoms with van der Waals surface area (Å²) in [6.07, 6.45) is 0.582. The molecule has 1 saturated heterocycles. The molecule has 2 aromatic heterocycles. The Bertz CT molecular complexity index is 2070. The minimum atomic E-state index is -1.14. The van der Waals surface area contributed by atoms with Crippen molar-refractivity contribution in [1.82, 2.24) is 25.1 Å². The van der Waals surface area contributed by atoms with E-state index in [0.29, 0.717) is 17.7 Å². The summed E-state index contributed by atoms with van der Waals surface area (Å²) in [4.78, 5) is 68.3. The Morgan fingerprint density at radius 1 is 1.00 bits per heavy atom. The second-order valence-electron chi connectivity index (χ2n) is 10.3. The van der Waals surface area contributed by atoms with E-state index < -0.39 is 23.3 Å². The zero-order valence-corrected chi connectivity index (χ0v) is 27.9. The Balaban J connectivity index is 0.000000181. The summed E-state index contributed by atoms with van der Waals surface area (Å²) in [6.45, 7) is -0.373. The quantitative estimate of drug-likeness (QED) is 0.0704. The predicted molar refractivity (Wildman–Crippen MR) is 179 cm³/mol. The summed E-state index contributed by atoms with van der Waals surface area (Å²) in [5.74, 6) is -3.29. The molecule has 18 nitrogen and oxygen atoms in total. The van der Waals surface area contributed by atoms with Crippen LogP contribution in [0.5, 0.6) is 17.2 Å². The second-order valence-corrected chi connectivity index (χ2v) is 13.2. The molecule has 9 N–H and O–H groups in total. The number of rotatable bonds is 9. The molecule has 0 spiro atoms. The Hall–Kier alpha value is -5.67. The number of aromatic hydroxyl groups is 3. The van der Waals surface area contributed by atoms with Gasteiger partial charge in [0.25, 0.3) is 5.91 Å². The number of tetrazole rings is 1. The Morgan fingerprint density at radius 2 is 1.70 bits per heavy atom. The number of phenolic OH excluding ortho intramolecular Hbond substituents is 3. The van der Waals surface area contributed by atoms with Crippen LogP contribution in [-0.4, -0.2) is 97.2 Å². The van der Waals surface area contributed by atoms with Crippen LogP contribution in [0.2, 0.25) is 0 Å². The van der Waals surface area contributed by atoms with E-state index in [1.54, 1.807) is 12.1 Å². The number of carboxylic acid groups (broad SMARTS) is 2. The maximum absolute atomic E-state index is 11.7. The van der Waals surface area contributed by atoms with Gasteiger partial charge in [0, 0.05) is 22.3 Å². The Labute approximate surface area is 293 Å². The highest BCUT2D eigenvalue weighted by Crippen LogP contribution is 2.41. The van der Waals surface area contributed by atoms with Crippen LogP contribution in [0.15, 0.2) is 63.0 Å². The zero-order chi connectivity index (χ0) is 36.7. The molecule has 0 unspecified atom stereocenters. The van der Waals surface area contributed by atoms with Gasteiger partial charge in [0.05, 0.1) is 28.5 Å². The topological polar surface area (TPSA) is 302 Å². The molecule has 2 aliphatic heterocycles. The van der Waals surface area contributed by atoms with E-state index in [4.69, 9.17) is 21.7 Å². The third kappa shape index (κ3) is 8.86. The average molecular weight is 746 g/mol. The van der Waals surface area contributed by atoms with Crippen LogP contribution in [0.25, 0.3) is 10.1 Å². The van der Waals surface area contributed by atoms with Gasteiger partial charge in [0.15, 0.2) is 11.5 Å². The van der Waals surface area contributed by atoms with Crippen molar-refractivity contribution in [2.45, 2.75) is 29.9 Å². The lowest BCUT2D eigenvalue weighted by Crippen LogP contribution is -2.54. The summed E-state index contributed by atoms with van der Waals surface area (Å²) in [5.41, 5.74) is 10.8. The van der Waals surface area contributed by atoms with E-state index in [-0.39, 0.29) is 79.7 Å². The van der Waals surface area contributed by atoms with E-state index in [1.807, 2.05) is 0 Å². The Kier molecular flexibility index (Phi) is 12.0. The summed E-state index contributed by atoms with van der Waals surface area (Å²) in [6, 6.07) is 8.92. The van der Waals surface area contributed by atoms with Gasteiger partial charge in [-0.2, -0.15) is 0 Å². The van der Waals surface area contributed by atoms with Crippen LogP contribution in [0.4, 0.5) is 0 Å². The van der Waals surface area contributed by atoms with E-state index in [1.165, 1.54) is 46.3 Å². The van der Waals surface area contributed by atoms with E-state index in [2.05, 4.69) is 15.5 Å². The minimum absolute atomic E-state index is 0.0229. The smallest absolute Gasteiger partial charge is 0.352 e. The zero-order valence-electron chi connectivity index (χ0n) is 25.5. The monoisotopic (exact) mass is 745 g/mol. The lowest BCUT2D eigenvalue weighted by molar-refractivity contribution is -0.146. The molecule has 0 radical (unpaired) electrons. The van der Waals surface area contributed by atoms with Crippen LogP contribution in [0.3, 0.4) is 0 Å². The third-order valence-electron chi connectivity index (χ3n) is 6.77. The number of phenols is 3. The number of carboxylic acids is 2. The molecule has 0 saturated carbocycles. The second kappa shape index (κ2) is 16.2. The maximum Gasteiger partial charge on any atom is 0.352 e. The molecule has 0 bridgehead atoms. The van der Waals surface area contributed by atoms with Crippen LogP contribution in [0.1, 0.15) is 22.3 Å². The van der Waals surface area contributed by atoms with Crippen molar-refractivity contribution in [3.05, 3.63) is 74.4 Å². The standard InChI is InChI=1S/C11H11N5O5S2.C10H7NO4S.C8H9NO2/c17-6-1-7-16(6)9(10(20)21)5(3-22-7)4-23-11-12-13-14-15(11)2-8(18)19;11-10(15)5-3-16-9-4(7(5)13)1-2-6(12)8(9)14;9-8(11)5-6-1-3-7(10)4-2-6/h7H,1-4H2,(H,18,19)(H,20,21);1-3,12,14H,(H2,11,15);1-4,10H,5H2,(H2,9,11)/t7-;;/m0../s1. The van der Waals surface area contributed by atoms with Gasteiger partial charge in [-0.3, -0.25) is 28.9 Å². The van der Waals surface area contributed by atoms with Crippen molar-refractivity contribution in [3.8, 4) is 17.2 Å². The van der Waals surface area contributed by atoms with E-state index >= 15 is 0 Å². The van der Waals surface area contributed by atoms with E-state index in [9.17, 15) is 44.1 Å². The van der Waals surface area contributed by atoms with Gasteiger partial charge in [-0.15, -0.1) is 28.2 Å². The fourth-order valence-corrected chi connectivity index (χ4v) is 7.67. The van der Waals surface area contributed by atoms with Gasteiger partial charge >= 0.3 is 11.9 Å². The summed E-state index contributed by atoms with van der Waals surface area (Å²) in [5, 5.41) is 58.2. The highest BCUT2D eigenvalue weighted by Gasteiger charge is 2.45. The first-order chi connectivity index (χ1) is 23.7. The van der Waals surface area contributed by atoms with Crippen molar-refractivity contribution < 1.29 is 49.5 Å². The van der Waals surface area contributed by atoms with Gasteiger partial charge in [-0.25, -0.2) is 9.48 Å². The molecule has 3 amide bonds. The predicted octanol–water partition coefficient (Wildman–Crippen LogP) is 0.685. The maximum atomic E-state index is 11.7. The van der Waals surface area contributed by atoms with Crippen molar-refractivity contribution in [1.29, 1.82) is 0 Å². The van der Waals surface area contributed by atoms with Gasteiger partial charge in [0.2, 0.25) is 22.4 Å². The fraction of sp³-hybridized carbons (Fsp3) is 0.207. The molecule has 2 aromatic carbocycles. The molecule has 4 aromatic rings. The van der Waals surface area contributed by atoms with Gasteiger partial charge in [0.1, 0.15) is 18.0 Å². The van der Waals surface area contributed by atoms with Crippen molar-refractivity contribution in [2.24, 2.45) is 11.5 Å². The number of carbonyl (C=O) groups excluding carboxylic acids is 3. The number of aliphatic carboxylic acids is 2. The first kappa shape index (κ1) is 37.2. The van der Waals surface area contributed by atoms with Crippen molar-refractivity contribution in [3.63, 3.8) is 0 Å². The largest absolute Gasteiger partial charge is 0.508 e. The first-order valence-electron chi connectivity index (χ1n) is 14.0. The number of carbonyl (C=O) groups is 5. The SMILES string of the molecule is NC(=O)Cc1ccc(O)cc1.NC(=O)c1csc2c(O)c(O)ccc2c1=O.O=C(O)Cn1nnnc1SCC1=C(C(=O)O)N2C(=O)C[C@@H]2SC1. The highest BCUT2D eigenvalue weighted by molar-refractivity contribution is 8.00. The van der Waals surface area contributed by atoms with Gasteiger partial charge in [-0.1, -0.05) is 23.9 Å². The molecular formula is C29H27N7O11S3. The molecular weight excluding hydrogens is 719 g/mol. The highest BCUT2D eigenvalue weighted by atomic mass is 32.2. The molecule has 21 heteroatoms. The number of hydrogen-bond donors (Lipinski definition) is 7. The number of hydrogen-bond acceptors (Lipinski definition) is 15. The number of nitrogens with zero attached hydrogens (tertiary/aromatic N) is 5. The number of β-lactam (4-membered cyclic amide) rings is 1. The number of nitrogens with two attached hydrogens (primary N) is 2. The van der Waals surface area contributed by atoms with Crippen LogP contribution in [0, 0.1) is 0 Å². The number of thioether (sulfide) groups is 2. The number of benzene rings is 2. The molecule has 262 valence electrons. The molecule has 1 atom stereocenters. The fourth-order valence-electron chi connectivity index (χ4n) is 4.43. The van der Waals surface area contributed by atoms with E-state index in [0.717, 1.165) is 33.3 Å². The minimum Gasteiger partial charge on any atom is -0.508 e. The molecule has 6 rings (SSSR count). The van der Waals surface area contributed by atoms with Crippen LogP contribution < -0.4 is 16.9 Å². The molecule has 0 aliphatic carbocycles. The first-order valence-corrected chi connectivity index (χ1v) is 16.9. The number of amides is 3. The normalized spacial score (nSPS) is 14.8. The molecule has 2 aliphatic rings. The number of fused-ring (bicyclic) bond motifs is 2. The van der Waals surface area contributed by atoms with Gasteiger partial charge < -0.3 is 37.0 Å². The lowest BCUT2D eigenvalue weighted by Gasteiger charge is -2.43. The summed E-state index contributed by atoms with van der Waals surface area (Å²) >= 11 is 3.63. The van der Waals surface area contributed by atoms with Gasteiger partial charge in [-0.05, 0) is 45.8 Å². The molecule has 4 heterocycles. The van der Waals surface area contributed by atoms with Crippen molar-refractivity contribution >= 4 is 74.6 Å². The number of primary amides is 2.